The third-order valence-electron chi connectivity index (χ3n) is 7.57. The van der Waals surface area contributed by atoms with E-state index in [1.165, 1.54) is 0 Å². The van der Waals surface area contributed by atoms with Gasteiger partial charge < -0.3 is 30.6 Å². The summed E-state index contributed by atoms with van der Waals surface area (Å²) in [7, 11) is 0. The zero-order valence-electron chi connectivity index (χ0n) is 22.5. The van der Waals surface area contributed by atoms with Crippen molar-refractivity contribution >= 4 is 11.9 Å². The first kappa shape index (κ1) is 31.0. The van der Waals surface area contributed by atoms with E-state index in [1.54, 1.807) is 52.0 Å². The molecule has 0 aliphatic heterocycles. The van der Waals surface area contributed by atoms with Crippen molar-refractivity contribution in [3.05, 3.63) is 46.6 Å². The zero-order chi connectivity index (χ0) is 28.0. The molecule has 0 amide bonds. The van der Waals surface area contributed by atoms with Gasteiger partial charge in [-0.3, -0.25) is 9.59 Å². The average molecular weight is 521 g/mol. The summed E-state index contributed by atoms with van der Waals surface area (Å²) >= 11 is 0. The first-order valence-corrected chi connectivity index (χ1v) is 13.2. The summed E-state index contributed by atoms with van der Waals surface area (Å²) in [5, 5.41) is 60.8. The second kappa shape index (κ2) is 13.0. The number of hydrogen-bond acceptors (Lipinski definition) is 6. The summed E-state index contributed by atoms with van der Waals surface area (Å²) in [5.41, 5.74) is 1.06. The third-order valence-corrected chi connectivity index (χ3v) is 7.57. The number of carboxylic acids is 2. The minimum absolute atomic E-state index is 0.458. The van der Waals surface area contributed by atoms with Crippen LogP contribution >= 0.6 is 0 Å². The maximum absolute atomic E-state index is 11.3. The Morgan fingerprint density at radius 2 is 0.865 bits per heavy atom. The molecule has 4 unspecified atom stereocenters. The Balaban J connectivity index is 1.88. The molecule has 0 heterocycles. The minimum atomic E-state index is -0.863. The molecule has 0 spiro atoms. The lowest BCUT2D eigenvalue weighted by molar-refractivity contribution is -0.148. The Morgan fingerprint density at radius 3 is 1.14 bits per heavy atom. The molecule has 37 heavy (non-hydrogen) atoms. The normalized spacial score (nSPS) is 24.6. The molecule has 0 bridgehead atoms. The van der Waals surface area contributed by atoms with E-state index in [0.717, 1.165) is 0 Å². The topological polar surface area (TPSA) is 156 Å². The van der Waals surface area contributed by atoms with E-state index < -0.39 is 47.2 Å². The SMILES string of the molecule is CC(C)(CCCC1=CC(O)C=C(CCCC2=CC(O)C=C(CCCC(C)(C)C(=O)O)C2O)C1O)C(=O)O. The lowest BCUT2D eigenvalue weighted by atomic mass is 9.82. The molecule has 4 atom stereocenters. The molecule has 2 rings (SSSR count). The van der Waals surface area contributed by atoms with Gasteiger partial charge in [-0.25, -0.2) is 0 Å². The van der Waals surface area contributed by atoms with Crippen LogP contribution in [0.4, 0.5) is 0 Å². The van der Waals surface area contributed by atoms with Crippen LogP contribution in [0.25, 0.3) is 0 Å². The predicted octanol–water partition coefficient (Wildman–Crippen LogP) is 3.90. The Kier molecular flexibility index (Phi) is 10.9. The summed E-state index contributed by atoms with van der Waals surface area (Å²) in [4.78, 5) is 22.6. The number of aliphatic carboxylic acids is 2. The van der Waals surface area contributed by atoms with Crippen molar-refractivity contribution in [1.82, 2.24) is 0 Å². The number of rotatable bonds is 14. The van der Waals surface area contributed by atoms with Crippen molar-refractivity contribution in [2.75, 3.05) is 0 Å². The third kappa shape index (κ3) is 8.92. The molecule has 2 aliphatic carbocycles. The molecule has 0 radical (unpaired) electrons. The fourth-order valence-corrected chi connectivity index (χ4v) is 4.87. The van der Waals surface area contributed by atoms with Gasteiger partial charge in [-0.2, -0.15) is 0 Å². The highest BCUT2D eigenvalue weighted by molar-refractivity contribution is 5.73. The quantitative estimate of drug-likeness (QED) is 0.188. The van der Waals surface area contributed by atoms with Gasteiger partial charge in [0.1, 0.15) is 0 Å². The second-order valence-corrected chi connectivity index (χ2v) is 11.7. The van der Waals surface area contributed by atoms with Crippen LogP contribution in [-0.2, 0) is 9.59 Å². The van der Waals surface area contributed by atoms with Gasteiger partial charge in [-0.05, 0) is 108 Å². The van der Waals surface area contributed by atoms with Crippen LogP contribution in [0.2, 0.25) is 0 Å². The maximum Gasteiger partial charge on any atom is 0.309 e. The Hall–Kier alpha value is -2.26. The van der Waals surface area contributed by atoms with Gasteiger partial charge in [0.15, 0.2) is 0 Å². The molecule has 8 heteroatoms. The van der Waals surface area contributed by atoms with Crippen LogP contribution in [0, 0.1) is 10.8 Å². The minimum Gasteiger partial charge on any atom is -0.481 e. The van der Waals surface area contributed by atoms with E-state index >= 15 is 0 Å². The van der Waals surface area contributed by atoms with Crippen LogP contribution in [0.3, 0.4) is 0 Å². The van der Waals surface area contributed by atoms with Crippen LogP contribution in [-0.4, -0.2) is 67.0 Å². The molecule has 0 aromatic carbocycles. The van der Waals surface area contributed by atoms with Gasteiger partial charge >= 0.3 is 11.9 Å². The van der Waals surface area contributed by atoms with E-state index in [-0.39, 0.29) is 0 Å². The lowest BCUT2D eigenvalue weighted by Gasteiger charge is -2.27. The van der Waals surface area contributed by atoms with Gasteiger partial charge in [0.2, 0.25) is 0 Å². The number of aliphatic hydroxyl groups excluding tert-OH is 4. The van der Waals surface area contributed by atoms with Crippen LogP contribution in [0.15, 0.2) is 46.6 Å². The molecule has 0 aromatic rings. The second-order valence-electron chi connectivity index (χ2n) is 11.7. The Morgan fingerprint density at radius 1 is 0.595 bits per heavy atom. The lowest BCUT2D eigenvalue weighted by Crippen LogP contribution is -2.25. The highest BCUT2D eigenvalue weighted by atomic mass is 16.4. The molecule has 0 aromatic heterocycles. The van der Waals surface area contributed by atoms with Crippen molar-refractivity contribution in [3.63, 3.8) is 0 Å². The van der Waals surface area contributed by atoms with Gasteiger partial charge in [0.05, 0.1) is 35.2 Å². The Bertz CT molecular complexity index is 877. The molecule has 0 fully saturated rings. The number of carboxylic acid groups (broad SMARTS) is 2. The largest absolute Gasteiger partial charge is 0.481 e. The molecule has 208 valence electrons. The average Bonchev–Trinajstić information content (AvgIpc) is 2.78. The Labute approximate surface area is 219 Å². The summed E-state index contributed by atoms with van der Waals surface area (Å²) in [6.45, 7) is 6.68. The highest BCUT2D eigenvalue weighted by Gasteiger charge is 2.29. The van der Waals surface area contributed by atoms with E-state index in [9.17, 15) is 40.2 Å². The molecule has 6 N–H and O–H groups in total. The zero-order valence-corrected chi connectivity index (χ0v) is 22.5. The predicted molar refractivity (Wildman–Crippen MR) is 141 cm³/mol. The maximum atomic E-state index is 11.3. The van der Waals surface area contributed by atoms with Crippen molar-refractivity contribution in [1.29, 1.82) is 0 Å². The fraction of sp³-hybridized carbons (Fsp3) is 0.655. The van der Waals surface area contributed by atoms with Gasteiger partial charge in [-0.1, -0.05) is 24.3 Å². The smallest absolute Gasteiger partial charge is 0.309 e. The molecule has 8 nitrogen and oxygen atoms in total. The summed E-state index contributed by atoms with van der Waals surface area (Å²) in [6, 6.07) is 0. The first-order chi connectivity index (χ1) is 17.1. The van der Waals surface area contributed by atoms with Gasteiger partial charge in [-0.15, -0.1) is 0 Å². The van der Waals surface area contributed by atoms with Crippen molar-refractivity contribution in [2.45, 2.75) is 110 Å². The number of aliphatic hydroxyl groups is 4. The standard InChI is InChI=1S/C29H44O8/c1-28(2,26(34)35)12-6-10-20-16-22(30)14-18(24(20)32)8-5-9-19-15-23(31)17-21(25(19)33)11-7-13-29(3,4)27(36)37/h14-17,22-25,30-33H,5-13H2,1-4H3,(H,34,35)(H,36,37). The fourth-order valence-electron chi connectivity index (χ4n) is 4.87. The van der Waals surface area contributed by atoms with E-state index in [1.807, 2.05) is 0 Å². The van der Waals surface area contributed by atoms with Crippen LogP contribution < -0.4 is 0 Å². The molecule has 0 saturated carbocycles. The first-order valence-electron chi connectivity index (χ1n) is 13.2. The molecule has 0 saturated heterocycles. The van der Waals surface area contributed by atoms with E-state index in [0.29, 0.717) is 80.1 Å². The van der Waals surface area contributed by atoms with Gasteiger partial charge in [0, 0.05) is 0 Å². The number of hydrogen-bond donors (Lipinski definition) is 6. The molecular weight excluding hydrogens is 476 g/mol. The van der Waals surface area contributed by atoms with Crippen LogP contribution in [0.5, 0.6) is 0 Å². The van der Waals surface area contributed by atoms with Crippen molar-refractivity contribution in [2.24, 2.45) is 10.8 Å². The van der Waals surface area contributed by atoms with Crippen LogP contribution in [0.1, 0.15) is 85.5 Å². The van der Waals surface area contributed by atoms with E-state index in [2.05, 4.69) is 0 Å². The summed E-state index contributed by atoms with van der Waals surface area (Å²) in [5.74, 6) is -1.73. The van der Waals surface area contributed by atoms with Gasteiger partial charge in [0.25, 0.3) is 0 Å². The molecule has 2 aliphatic rings. The highest BCUT2D eigenvalue weighted by Crippen LogP contribution is 2.33. The van der Waals surface area contributed by atoms with Crippen molar-refractivity contribution in [3.8, 4) is 0 Å². The number of carbonyl (C=O) groups is 2. The summed E-state index contributed by atoms with van der Waals surface area (Å²) < 4.78 is 0. The van der Waals surface area contributed by atoms with Crippen molar-refractivity contribution < 1.29 is 40.2 Å². The molecular formula is C29H44O8. The van der Waals surface area contributed by atoms with E-state index in [4.69, 9.17) is 0 Å². The monoisotopic (exact) mass is 520 g/mol. The summed E-state index contributed by atoms with van der Waals surface area (Å²) in [6.07, 6.45) is 7.88.